The molecule has 3 nitrogen and oxygen atoms in total. The minimum atomic E-state index is 0.162. The molecule has 5 heteroatoms. The van der Waals surface area contributed by atoms with E-state index in [0.717, 1.165) is 41.7 Å². The molecule has 0 saturated carbocycles. The van der Waals surface area contributed by atoms with Crippen molar-refractivity contribution in [1.82, 2.24) is 4.90 Å². The van der Waals surface area contributed by atoms with Crippen LogP contribution in [0.25, 0.3) is 0 Å². The van der Waals surface area contributed by atoms with E-state index in [1.807, 2.05) is 24.0 Å². The van der Waals surface area contributed by atoms with Crippen molar-refractivity contribution in [2.45, 2.75) is 32.6 Å². The highest BCUT2D eigenvalue weighted by Gasteiger charge is 2.15. The lowest BCUT2D eigenvalue weighted by molar-refractivity contribution is -0.129. The third kappa shape index (κ3) is 4.13. The molecule has 1 fully saturated rings. The van der Waals surface area contributed by atoms with E-state index in [-0.39, 0.29) is 5.91 Å². The lowest BCUT2D eigenvalue weighted by atomic mass is 10.2. The molecule has 1 aromatic rings. The van der Waals surface area contributed by atoms with Crippen LogP contribution in [-0.2, 0) is 4.79 Å². The molecular formula is C15H20BrClN2O. The molecule has 1 aliphatic rings. The molecule has 1 heterocycles. The molecule has 20 heavy (non-hydrogen) atoms. The number of anilines is 1. The first-order chi connectivity index (χ1) is 9.58. The summed E-state index contributed by atoms with van der Waals surface area (Å²) in [5, 5.41) is 3.88. The SMILES string of the molecule is Cc1cc(Br)c(NCC(=O)N2CCCCCC2)cc1Cl. The van der Waals surface area contributed by atoms with Crippen molar-refractivity contribution in [1.29, 1.82) is 0 Å². The minimum Gasteiger partial charge on any atom is -0.375 e. The summed E-state index contributed by atoms with van der Waals surface area (Å²) in [6, 6.07) is 3.82. The van der Waals surface area contributed by atoms with Gasteiger partial charge in [-0.1, -0.05) is 24.4 Å². The summed E-state index contributed by atoms with van der Waals surface area (Å²) < 4.78 is 0.933. The summed E-state index contributed by atoms with van der Waals surface area (Å²) in [4.78, 5) is 14.2. The summed E-state index contributed by atoms with van der Waals surface area (Å²) in [7, 11) is 0. The molecule has 110 valence electrons. The van der Waals surface area contributed by atoms with Gasteiger partial charge in [0.25, 0.3) is 0 Å². The van der Waals surface area contributed by atoms with Crippen molar-refractivity contribution in [3.63, 3.8) is 0 Å². The fraction of sp³-hybridized carbons (Fsp3) is 0.533. The van der Waals surface area contributed by atoms with Gasteiger partial charge in [0, 0.05) is 22.6 Å². The number of benzene rings is 1. The van der Waals surface area contributed by atoms with Gasteiger partial charge in [0.05, 0.1) is 12.2 Å². The van der Waals surface area contributed by atoms with E-state index in [0.29, 0.717) is 11.6 Å². The zero-order valence-electron chi connectivity index (χ0n) is 11.7. The predicted molar refractivity (Wildman–Crippen MR) is 87.4 cm³/mol. The van der Waals surface area contributed by atoms with Crippen molar-refractivity contribution in [2.24, 2.45) is 0 Å². The highest BCUT2D eigenvalue weighted by Crippen LogP contribution is 2.29. The molecule has 0 aromatic heterocycles. The van der Waals surface area contributed by atoms with Crippen LogP contribution < -0.4 is 5.32 Å². The van der Waals surface area contributed by atoms with Crippen LogP contribution in [0.2, 0.25) is 5.02 Å². The van der Waals surface area contributed by atoms with E-state index in [4.69, 9.17) is 11.6 Å². The number of rotatable bonds is 3. The van der Waals surface area contributed by atoms with E-state index in [9.17, 15) is 4.79 Å². The van der Waals surface area contributed by atoms with Crippen molar-refractivity contribution in [3.8, 4) is 0 Å². The van der Waals surface area contributed by atoms with Gasteiger partial charge in [-0.25, -0.2) is 0 Å². The summed E-state index contributed by atoms with van der Waals surface area (Å²) in [5.74, 6) is 0.162. The van der Waals surface area contributed by atoms with Crippen LogP contribution in [0.4, 0.5) is 5.69 Å². The first kappa shape index (κ1) is 15.6. The van der Waals surface area contributed by atoms with Crippen LogP contribution in [0.3, 0.4) is 0 Å². The summed E-state index contributed by atoms with van der Waals surface area (Å²) in [6.45, 7) is 4.05. The van der Waals surface area contributed by atoms with Gasteiger partial charge in [-0.3, -0.25) is 4.79 Å². The van der Waals surface area contributed by atoms with Gasteiger partial charge in [-0.2, -0.15) is 0 Å². The molecule has 1 saturated heterocycles. The van der Waals surface area contributed by atoms with E-state index in [2.05, 4.69) is 21.2 Å². The highest BCUT2D eigenvalue weighted by molar-refractivity contribution is 9.10. The minimum absolute atomic E-state index is 0.162. The second-order valence-corrected chi connectivity index (χ2v) is 6.49. The number of hydrogen-bond donors (Lipinski definition) is 1. The van der Waals surface area contributed by atoms with Crippen LogP contribution in [-0.4, -0.2) is 30.4 Å². The third-order valence-electron chi connectivity index (χ3n) is 3.64. The van der Waals surface area contributed by atoms with Gasteiger partial charge >= 0.3 is 0 Å². The van der Waals surface area contributed by atoms with Gasteiger partial charge in [-0.15, -0.1) is 0 Å². The fourth-order valence-electron chi connectivity index (χ4n) is 2.38. The average molecular weight is 360 g/mol. The van der Waals surface area contributed by atoms with Crippen LogP contribution in [0.5, 0.6) is 0 Å². The topological polar surface area (TPSA) is 32.3 Å². The Morgan fingerprint density at radius 2 is 1.95 bits per heavy atom. The Labute approximate surface area is 133 Å². The fourth-order valence-corrected chi connectivity index (χ4v) is 3.15. The first-order valence-electron chi connectivity index (χ1n) is 7.05. The van der Waals surface area contributed by atoms with E-state index < -0.39 is 0 Å². The second kappa shape index (κ2) is 7.32. The average Bonchev–Trinajstić information content (AvgIpc) is 2.70. The van der Waals surface area contributed by atoms with E-state index >= 15 is 0 Å². The molecular weight excluding hydrogens is 340 g/mol. The number of nitrogens with one attached hydrogen (secondary N) is 1. The number of likely N-dealkylation sites (tertiary alicyclic amines) is 1. The zero-order chi connectivity index (χ0) is 14.5. The molecule has 0 bridgehead atoms. The summed E-state index contributed by atoms with van der Waals surface area (Å²) in [6.07, 6.45) is 4.70. The monoisotopic (exact) mass is 358 g/mol. The van der Waals surface area contributed by atoms with Gasteiger partial charge in [0.2, 0.25) is 5.91 Å². The Balaban J connectivity index is 1.94. The Kier molecular flexibility index (Phi) is 5.73. The molecule has 1 aromatic carbocycles. The molecule has 0 atom stereocenters. The molecule has 1 N–H and O–H groups in total. The highest BCUT2D eigenvalue weighted by atomic mass is 79.9. The smallest absolute Gasteiger partial charge is 0.241 e. The molecule has 0 radical (unpaired) electrons. The van der Waals surface area contributed by atoms with Crippen molar-refractivity contribution >= 4 is 39.1 Å². The number of hydrogen-bond acceptors (Lipinski definition) is 2. The molecule has 0 aliphatic carbocycles. The second-order valence-electron chi connectivity index (χ2n) is 5.23. The molecule has 0 spiro atoms. The van der Waals surface area contributed by atoms with Crippen LogP contribution in [0.15, 0.2) is 16.6 Å². The third-order valence-corrected chi connectivity index (χ3v) is 4.70. The normalized spacial score (nSPS) is 15.8. The number of carbonyl (C=O) groups excluding carboxylic acids is 1. The first-order valence-corrected chi connectivity index (χ1v) is 8.22. The van der Waals surface area contributed by atoms with Gasteiger partial charge < -0.3 is 10.2 Å². The Bertz CT molecular complexity index is 485. The van der Waals surface area contributed by atoms with Gasteiger partial charge in [-0.05, 0) is 53.4 Å². The Morgan fingerprint density at radius 1 is 1.30 bits per heavy atom. The number of amides is 1. The van der Waals surface area contributed by atoms with E-state index in [1.54, 1.807) is 0 Å². The van der Waals surface area contributed by atoms with Crippen LogP contribution in [0.1, 0.15) is 31.2 Å². The number of carbonyl (C=O) groups is 1. The number of aryl methyl sites for hydroxylation is 1. The maximum Gasteiger partial charge on any atom is 0.241 e. The lowest BCUT2D eigenvalue weighted by Gasteiger charge is -2.21. The predicted octanol–water partition coefficient (Wildman–Crippen LogP) is 4.23. The van der Waals surface area contributed by atoms with Gasteiger partial charge in [0.1, 0.15) is 0 Å². The zero-order valence-corrected chi connectivity index (χ0v) is 14.1. The Hall–Kier alpha value is -0.740. The molecule has 1 aliphatic heterocycles. The number of nitrogens with zero attached hydrogens (tertiary/aromatic N) is 1. The number of halogens is 2. The quantitative estimate of drug-likeness (QED) is 0.876. The molecule has 1 amide bonds. The Morgan fingerprint density at radius 3 is 2.60 bits per heavy atom. The van der Waals surface area contributed by atoms with E-state index in [1.165, 1.54) is 12.8 Å². The van der Waals surface area contributed by atoms with Gasteiger partial charge in [0.15, 0.2) is 0 Å². The van der Waals surface area contributed by atoms with Crippen molar-refractivity contribution in [3.05, 3.63) is 27.2 Å². The standard InChI is InChI=1S/C15H20BrClN2O/c1-11-8-12(16)14(9-13(11)17)18-10-15(20)19-6-4-2-3-5-7-19/h8-9,18H,2-7,10H2,1H3. The largest absolute Gasteiger partial charge is 0.375 e. The maximum atomic E-state index is 12.2. The van der Waals surface area contributed by atoms with Crippen LogP contribution >= 0.6 is 27.5 Å². The summed E-state index contributed by atoms with van der Waals surface area (Å²) in [5.41, 5.74) is 1.88. The lowest BCUT2D eigenvalue weighted by Crippen LogP contribution is -2.36. The van der Waals surface area contributed by atoms with Crippen molar-refractivity contribution in [2.75, 3.05) is 25.0 Å². The van der Waals surface area contributed by atoms with Crippen molar-refractivity contribution < 1.29 is 4.79 Å². The van der Waals surface area contributed by atoms with Crippen LogP contribution in [0, 0.1) is 6.92 Å². The summed E-state index contributed by atoms with van der Waals surface area (Å²) >= 11 is 9.61. The molecule has 2 rings (SSSR count). The maximum absolute atomic E-state index is 12.2. The molecule has 0 unspecified atom stereocenters.